The average Bonchev–Trinajstić information content (AvgIpc) is 2.59. The van der Waals surface area contributed by atoms with E-state index in [1.807, 2.05) is 18.2 Å². The third-order valence-electron chi connectivity index (χ3n) is 6.67. The van der Waals surface area contributed by atoms with E-state index in [1.54, 1.807) is 13.0 Å². The van der Waals surface area contributed by atoms with E-state index < -0.39 is 6.04 Å². The van der Waals surface area contributed by atoms with Crippen molar-refractivity contribution in [1.29, 1.82) is 0 Å². The van der Waals surface area contributed by atoms with Gasteiger partial charge in [0, 0.05) is 17.0 Å². The second-order valence-corrected chi connectivity index (χ2v) is 9.11. The molecule has 4 nitrogen and oxygen atoms in total. The molecule has 4 aliphatic carbocycles. The van der Waals surface area contributed by atoms with E-state index in [0.717, 1.165) is 42.6 Å². The molecular formula is C21H27ClN2O2. The third kappa shape index (κ3) is 3.36. The number of halogens is 1. The highest BCUT2D eigenvalue weighted by Gasteiger charge is 2.54. The second-order valence-electron chi connectivity index (χ2n) is 8.70. The van der Waals surface area contributed by atoms with Gasteiger partial charge in [-0.25, -0.2) is 0 Å². The van der Waals surface area contributed by atoms with Gasteiger partial charge >= 0.3 is 0 Å². The molecule has 1 aromatic carbocycles. The lowest BCUT2D eigenvalue weighted by molar-refractivity contribution is -0.148. The largest absolute Gasteiger partial charge is 0.350 e. The van der Waals surface area contributed by atoms with Crippen molar-refractivity contribution in [1.82, 2.24) is 10.6 Å². The van der Waals surface area contributed by atoms with Crippen LogP contribution in [0.15, 0.2) is 24.3 Å². The number of rotatable bonds is 5. The van der Waals surface area contributed by atoms with Crippen molar-refractivity contribution in [3.8, 4) is 0 Å². The minimum atomic E-state index is -0.530. The molecule has 2 N–H and O–H groups in total. The van der Waals surface area contributed by atoms with Crippen molar-refractivity contribution < 1.29 is 9.59 Å². The summed E-state index contributed by atoms with van der Waals surface area (Å²) in [4.78, 5) is 25.4. The number of amides is 2. The van der Waals surface area contributed by atoms with Gasteiger partial charge < -0.3 is 10.6 Å². The summed E-state index contributed by atoms with van der Waals surface area (Å²) in [6.45, 7) is 2.14. The van der Waals surface area contributed by atoms with Gasteiger partial charge in [0.15, 0.2) is 0 Å². The molecule has 26 heavy (non-hydrogen) atoms. The van der Waals surface area contributed by atoms with Gasteiger partial charge in [0.25, 0.3) is 0 Å². The molecule has 4 fully saturated rings. The summed E-state index contributed by atoms with van der Waals surface area (Å²) in [7, 11) is 0. The Morgan fingerprint density at radius 2 is 1.69 bits per heavy atom. The molecule has 0 heterocycles. The highest BCUT2D eigenvalue weighted by Crippen LogP contribution is 2.60. The maximum atomic E-state index is 13.0. The highest BCUT2D eigenvalue weighted by molar-refractivity contribution is 6.31. The topological polar surface area (TPSA) is 58.2 Å². The first kappa shape index (κ1) is 17.8. The summed E-state index contributed by atoms with van der Waals surface area (Å²) < 4.78 is 0. The van der Waals surface area contributed by atoms with Gasteiger partial charge in [0.05, 0.1) is 0 Å². The zero-order chi connectivity index (χ0) is 18.3. The molecule has 0 saturated heterocycles. The molecular weight excluding hydrogens is 348 g/mol. The fourth-order valence-electron chi connectivity index (χ4n) is 5.78. The number of hydrogen-bond donors (Lipinski definition) is 2. The number of carbonyl (C=O) groups is 2. The van der Waals surface area contributed by atoms with Gasteiger partial charge in [-0.1, -0.05) is 29.8 Å². The minimum absolute atomic E-state index is 0.0944. The standard InChI is InChI=1S/C21H27ClN2O2/c1-13(19(25)23-12-17-4-2-3-5-18(17)22)24-20(26)21-9-14-6-15(10-21)8-16(7-14)11-21/h2-5,13-16H,6-12H2,1H3,(H,23,25)(H,24,26)/t13-,14?,15?,16?,21?/m0/s1. The molecule has 0 radical (unpaired) electrons. The van der Waals surface area contributed by atoms with Crippen LogP contribution in [-0.4, -0.2) is 17.9 Å². The van der Waals surface area contributed by atoms with Crippen LogP contribution >= 0.6 is 11.6 Å². The number of hydrogen-bond acceptors (Lipinski definition) is 2. The first-order chi connectivity index (χ1) is 12.4. The van der Waals surface area contributed by atoms with E-state index >= 15 is 0 Å². The van der Waals surface area contributed by atoms with Gasteiger partial charge in [-0.3, -0.25) is 9.59 Å². The smallest absolute Gasteiger partial charge is 0.242 e. The summed E-state index contributed by atoms with van der Waals surface area (Å²) >= 11 is 6.13. The van der Waals surface area contributed by atoms with Crippen LogP contribution in [0.2, 0.25) is 5.02 Å². The van der Waals surface area contributed by atoms with Gasteiger partial charge in [0.1, 0.15) is 6.04 Å². The predicted molar refractivity (Wildman–Crippen MR) is 102 cm³/mol. The molecule has 4 aliphatic rings. The van der Waals surface area contributed by atoms with E-state index in [2.05, 4.69) is 10.6 Å². The van der Waals surface area contributed by atoms with Gasteiger partial charge in [-0.05, 0) is 74.8 Å². The fraction of sp³-hybridized carbons (Fsp3) is 0.619. The Morgan fingerprint density at radius 3 is 2.27 bits per heavy atom. The minimum Gasteiger partial charge on any atom is -0.350 e. The van der Waals surface area contributed by atoms with E-state index in [-0.39, 0.29) is 17.2 Å². The van der Waals surface area contributed by atoms with Crippen LogP contribution < -0.4 is 10.6 Å². The molecule has 0 spiro atoms. The number of nitrogens with one attached hydrogen (secondary N) is 2. The lowest BCUT2D eigenvalue weighted by Crippen LogP contribution is -2.56. The zero-order valence-corrected chi connectivity index (χ0v) is 16.0. The molecule has 5 rings (SSSR count). The van der Waals surface area contributed by atoms with Crippen LogP contribution in [0.5, 0.6) is 0 Å². The Kier molecular flexibility index (Phi) is 4.72. The summed E-state index contributed by atoms with van der Waals surface area (Å²) in [5, 5.41) is 6.52. The molecule has 4 bridgehead atoms. The van der Waals surface area contributed by atoms with Crippen LogP contribution in [-0.2, 0) is 16.1 Å². The molecule has 1 aromatic rings. The molecule has 2 amide bonds. The quantitative estimate of drug-likeness (QED) is 0.826. The second kappa shape index (κ2) is 6.88. The first-order valence-corrected chi connectivity index (χ1v) is 10.1. The molecule has 0 aromatic heterocycles. The highest BCUT2D eigenvalue weighted by atomic mass is 35.5. The third-order valence-corrected chi connectivity index (χ3v) is 7.04. The Bertz CT molecular complexity index is 682. The fourth-order valence-corrected chi connectivity index (χ4v) is 5.98. The van der Waals surface area contributed by atoms with E-state index in [0.29, 0.717) is 11.6 Å². The van der Waals surface area contributed by atoms with Crippen LogP contribution in [0.1, 0.15) is 51.0 Å². The monoisotopic (exact) mass is 374 g/mol. The maximum Gasteiger partial charge on any atom is 0.242 e. The molecule has 4 saturated carbocycles. The van der Waals surface area contributed by atoms with Gasteiger partial charge in [-0.15, -0.1) is 0 Å². The summed E-state index contributed by atoms with van der Waals surface area (Å²) in [5.41, 5.74) is 0.661. The molecule has 5 heteroatoms. The van der Waals surface area contributed by atoms with E-state index in [4.69, 9.17) is 11.6 Å². The zero-order valence-electron chi connectivity index (χ0n) is 15.3. The Labute approximate surface area is 160 Å². The van der Waals surface area contributed by atoms with Crippen molar-refractivity contribution in [2.75, 3.05) is 0 Å². The van der Waals surface area contributed by atoms with Crippen molar-refractivity contribution >= 4 is 23.4 Å². The van der Waals surface area contributed by atoms with Crippen molar-refractivity contribution in [2.45, 2.75) is 58.0 Å². The first-order valence-electron chi connectivity index (χ1n) is 9.77. The Hall–Kier alpha value is -1.55. The Balaban J connectivity index is 1.34. The van der Waals surface area contributed by atoms with Crippen LogP contribution in [0.3, 0.4) is 0 Å². The summed E-state index contributed by atoms with van der Waals surface area (Å²) in [5.74, 6) is 2.09. The summed E-state index contributed by atoms with van der Waals surface area (Å²) in [6.07, 6.45) is 6.96. The maximum absolute atomic E-state index is 13.0. The van der Waals surface area contributed by atoms with Gasteiger partial charge in [-0.2, -0.15) is 0 Å². The summed E-state index contributed by atoms with van der Waals surface area (Å²) in [6, 6.07) is 6.92. The van der Waals surface area contributed by atoms with Crippen molar-refractivity contribution in [2.24, 2.45) is 23.2 Å². The number of carbonyl (C=O) groups excluding carboxylic acids is 2. The molecule has 140 valence electrons. The van der Waals surface area contributed by atoms with Crippen LogP contribution in [0.4, 0.5) is 0 Å². The molecule has 0 aliphatic heterocycles. The van der Waals surface area contributed by atoms with Crippen molar-refractivity contribution in [3.05, 3.63) is 34.9 Å². The van der Waals surface area contributed by atoms with Crippen LogP contribution in [0, 0.1) is 23.2 Å². The normalized spacial score (nSPS) is 32.9. The molecule has 0 unspecified atom stereocenters. The predicted octanol–water partition coefficient (Wildman–Crippen LogP) is 3.68. The Morgan fingerprint density at radius 1 is 1.12 bits per heavy atom. The lowest BCUT2D eigenvalue weighted by Gasteiger charge is -2.55. The van der Waals surface area contributed by atoms with E-state index in [1.165, 1.54) is 19.3 Å². The van der Waals surface area contributed by atoms with E-state index in [9.17, 15) is 9.59 Å². The average molecular weight is 375 g/mol. The lowest BCUT2D eigenvalue weighted by atomic mass is 9.49. The van der Waals surface area contributed by atoms with Gasteiger partial charge in [0.2, 0.25) is 11.8 Å². The number of benzene rings is 1. The molecule has 1 atom stereocenters. The van der Waals surface area contributed by atoms with Crippen molar-refractivity contribution in [3.63, 3.8) is 0 Å². The van der Waals surface area contributed by atoms with Crippen LogP contribution in [0.25, 0.3) is 0 Å². The SMILES string of the molecule is C[C@H](NC(=O)C12CC3CC(CC(C3)C1)C2)C(=O)NCc1ccccc1Cl.